The lowest BCUT2D eigenvalue weighted by Gasteiger charge is -2.30. The summed E-state index contributed by atoms with van der Waals surface area (Å²) in [6.07, 6.45) is 2.88. The zero-order valence-electron chi connectivity index (χ0n) is 19.9. The number of para-hydroxylation sites is 3. The van der Waals surface area contributed by atoms with Crippen molar-refractivity contribution >= 4 is 28.8 Å². The molecule has 5 heteroatoms. The molecule has 0 radical (unpaired) electrons. The first kappa shape index (κ1) is 24.0. The maximum atomic E-state index is 12.6. The molecule has 4 aromatic carbocycles. The lowest BCUT2D eigenvalue weighted by molar-refractivity contribution is -0.105. The summed E-state index contributed by atoms with van der Waals surface area (Å²) in [4.78, 5) is 25.1. The Hall–Kier alpha value is -4.12. The lowest BCUT2D eigenvalue weighted by atomic mass is 9.97. The van der Waals surface area contributed by atoms with Crippen LogP contribution in [-0.2, 0) is 4.79 Å². The van der Waals surface area contributed by atoms with Gasteiger partial charge in [-0.1, -0.05) is 73.7 Å². The number of carbonyl (C=O) groups is 2. The average molecular weight is 467 g/mol. The predicted molar refractivity (Wildman–Crippen MR) is 141 cm³/mol. The summed E-state index contributed by atoms with van der Waals surface area (Å²) < 4.78 is 5.64. The van der Waals surface area contributed by atoms with Crippen molar-refractivity contribution in [1.82, 2.24) is 4.90 Å². The van der Waals surface area contributed by atoms with Crippen molar-refractivity contribution in [2.75, 3.05) is 18.4 Å². The van der Waals surface area contributed by atoms with Gasteiger partial charge in [0.05, 0.1) is 5.69 Å². The summed E-state index contributed by atoms with van der Waals surface area (Å²) in [6, 6.07) is 30.8. The number of benzene rings is 4. The summed E-state index contributed by atoms with van der Waals surface area (Å²) in [5.41, 5.74) is 1.49. The van der Waals surface area contributed by atoms with Crippen LogP contribution in [0.1, 0.15) is 30.1 Å². The standard InChI is InChI=1S/C17H19NO.C13H11NO2/c1-13-9-11-18(12-10-13)17(19)16-8-4-6-14-5-2-3-7-15(14)16;15-10-14-12-8-4-5-9-13(12)16-11-6-2-1-3-7-11/h2-8,13H,9-12H2,1H3;1-10H,(H,14,15). The van der Waals surface area contributed by atoms with Gasteiger partial charge in [0.2, 0.25) is 6.41 Å². The maximum absolute atomic E-state index is 12.6. The molecule has 0 aromatic heterocycles. The molecule has 1 saturated heterocycles. The largest absolute Gasteiger partial charge is 0.455 e. The van der Waals surface area contributed by atoms with E-state index in [9.17, 15) is 9.59 Å². The van der Waals surface area contributed by atoms with Gasteiger partial charge in [-0.25, -0.2) is 0 Å². The van der Waals surface area contributed by atoms with Gasteiger partial charge >= 0.3 is 0 Å². The number of amides is 2. The summed E-state index contributed by atoms with van der Waals surface area (Å²) in [6.45, 7) is 4.05. The maximum Gasteiger partial charge on any atom is 0.254 e. The molecule has 1 N–H and O–H groups in total. The van der Waals surface area contributed by atoms with E-state index in [-0.39, 0.29) is 5.91 Å². The Labute approximate surface area is 206 Å². The Balaban J connectivity index is 0.000000168. The summed E-state index contributed by atoms with van der Waals surface area (Å²) in [7, 11) is 0. The van der Waals surface area contributed by atoms with Crippen LogP contribution in [0.2, 0.25) is 0 Å². The number of hydrogen-bond donors (Lipinski definition) is 1. The van der Waals surface area contributed by atoms with Crippen LogP contribution >= 0.6 is 0 Å². The van der Waals surface area contributed by atoms with Crippen molar-refractivity contribution in [2.45, 2.75) is 19.8 Å². The summed E-state index contributed by atoms with van der Waals surface area (Å²) in [5.74, 6) is 2.30. The van der Waals surface area contributed by atoms with E-state index in [4.69, 9.17) is 4.74 Å². The van der Waals surface area contributed by atoms with Gasteiger partial charge < -0.3 is 15.0 Å². The molecule has 1 heterocycles. The van der Waals surface area contributed by atoms with Crippen molar-refractivity contribution in [1.29, 1.82) is 0 Å². The normalized spacial score (nSPS) is 13.5. The van der Waals surface area contributed by atoms with E-state index in [1.807, 2.05) is 77.7 Å². The lowest BCUT2D eigenvalue weighted by Crippen LogP contribution is -2.37. The number of rotatable bonds is 5. The van der Waals surface area contributed by atoms with Crippen LogP contribution in [0.15, 0.2) is 97.1 Å². The number of hydrogen-bond acceptors (Lipinski definition) is 3. The van der Waals surface area contributed by atoms with E-state index >= 15 is 0 Å². The Kier molecular flexibility index (Phi) is 8.12. The molecule has 0 saturated carbocycles. The molecule has 4 aromatic rings. The second kappa shape index (κ2) is 11.8. The molecule has 1 aliphatic rings. The van der Waals surface area contributed by atoms with Gasteiger partial charge in [0.15, 0.2) is 5.75 Å². The molecule has 5 nitrogen and oxygen atoms in total. The van der Waals surface area contributed by atoms with Crippen molar-refractivity contribution < 1.29 is 14.3 Å². The molecule has 5 rings (SSSR count). The van der Waals surface area contributed by atoms with Crippen LogP contribution in [0.4, 0.5) is 5.69 Å². The van der Waals surface area contributed by atoms with E-state index in [2.05, 4.69) is 24.4 Å². The first-order valence-electron chi connectivity index (χ1n) is 11.9. The minimum atomic E-state index is 0.184. The van der Waals surface area contributed by atoms with E-state index in [1.54, 1.807) is 12.1 Å². The van der Waals surface area contributed by atoms with Crippen molar-refractivity contribution in [3.05, 3.63) is 103 Å². The highest BCUT2D eigenvalue weighted by molar-refractivity contribution is 6.07. The topological polar surface area (TPSA) is 58.6 Å². The van der Waals surface area contributed by atoms with E-state index < -0.39 is 0 Å². The van der Waals surface area contributed by atoms with Gasteiger partial charge in [0.1, 0.15) is 5.75 Å². The fourth-order valence-electron chi connectivity index (χ4n) is 4.15. The average Bonchev–Trinajstić information content (AvgIpc) is 2.91. The minimum absolute atomic E-state index is 0.184. The molecule has 2 amide bonds. The highest BCUT2D eigenvalue weighted by Gasteiger charge is 2.22. The van der Waals surface area contributed by atoms with Crippen LogP contribution in [0.5, 0.6) is 11.5 Å². The van der Waals surface area contributed by atoms with Crippen LogP contribution in [0.25, 0.3) is 10.8 Å². The highest BCUT2D eigenvalue weighted by Crippen LogP contribution is 2.28. The summed E-state index contributed by atoms with van der Waals surface area (Å²) in [5, 5.41) is 4.79. The third kappa shape index (κ3) is 6.27. The molecule has 0 unspecified atom stereocenters. The highest BCUT2D eigenvalue weighted by atomic mass is 16.5. The van der Waals surface area contributed by atoms with Gasteiger partial charge in [-0.15, -0.1) is 0 Å². The Morgan fingerprint density at radius 2 is 1.51 bits per heavy atom. The second-order valence-corrected chi connectivity index (χ2v) is 8.67. The molecule has 1 aliphatic heterocycles. The quantitative estimate of drug-likeness (QED) is 0.331. The molecule has 0 atom stereocenters. The molecule has 0 aliphatic carbocycles. The molecule has 0 bridgehead atoms. The Morgan fingerprint density at radius 3 is 2.29 bits per heavy atom. The number of ether oxygens (including phenoxy) is 1. The number of likely N-dealkylation sites (tertiary alicyclic amines) is 1. The number of piperidine rings is 1. The Morgan fingerprint density at radius 1 is 0.857 bits per heavy atom. The minimum Gasteiger partial charge on any atom is -0.455 e. The molecule has 35 heavy (non-hydrogen) atoms. The predicted octanol–water partition coefficient (Wildman–Crippen LogP) is 6.76. The molecular formula is C30H30N2O3. The molecule has 0 spiro atoms. The van der Waals surface area contributed by atoms with Gasteiger partial charge in [0, 0.05) is 18.7 Å². The smallest absolute Gasteiger partial charge is 0.254 e. The fraction of sp³-hybridized carbons (Fsp3) is 0.200. The van der Waals surface area contributed by atoms with Crippen molar-refractivity contribution in [3.8, 4) is 11.5 Å². The summed E-state index contributed by atoms with van der Waals surface area (Å²) >= 11 is 0. The first-order valence-corrected chi connectivity index (χ1v) is 11.9. The van der Waals surface area contributed by atoms with Crippen LogP contribution in [0.3, 0.4) is 0 Å². The molecule has 178 valence electrons. The zero-order chi connectivity index (χ0) is 24.5. The van der Waals surface area contributed by atoms with Gasteiger partial charge in [-0.3, -0.25) is 9.59 Å². The second-order valence-electron chi connectivity index (χ2n) is 8.67. The number of carbonyl (C=O) groups excluding carboxylic acids is 2. The van der Waals surface area contributed by atoms with Crippen LogP contribution in [0, 0.1) is 5.92 Å². The third-order valence-corrected chi connectivity index (χ3v) is 6.16. The third-order valence-electron chi connectivity index (χ3n) is 6.16. The fourth-order valence-corrected chi connectivity index (χ4v) is 4.15. The number of nitrogens with one attached hydrogen (secondary N) is 1. The zero-order valence-corrected chi connectivity index (χ0v) is 19.9. The van der Waals surface area contributed by atoms with Gasteiger partial charge in [-0.05, 0) is 59.9 Å². The van der Waals surface area contributed by atoms with E-state index in [1.165, 1.54) is 0 Å². The van der Waals surface area contributed by atoms with Crippen LogP contribution in [-0.4, -0.2) is 30.3 Å². The first-order chi connectivity index (χ1) is 17.2. The van der Waals surface area contributed by atoms with Crippen LogP contribution < -0.4 is 10.1 Å². The monoisotopic (exact) mass is 466 g/mol. The number of anilines is 1. The molecular weight excluding hydrogens is 436 g/mol. The molecule has 1 fully saturated rings. The number of nitrogens with zero attached hydrogens (tertiary/aromatic N) is 1. The van der Waals surface area contributed by atoms with Crippen molar-refractivity contribution in [3.63, 3.8) is 0 Å². The van der Waals surface area contributed by atoms with Crippen molar-refractivity contribution in [2.24, 2.45) is 5.92 Å². The number of fused-ring (bicyclic) bond motifs is 1. The Bertz CT molecular complexity index is 1260. The van der Waals surface area contributed by atoms with Gasteiger partial charge in [-0.2, -0.15) is 0 Å². The SMILES string of the molecule is CC1CCN(C(=O)c2cccc3ccccc23)CC1.O=CNc1ccccc1Oc1ccccc1. The van der Waals surface area contributed by atoms with Gasteiger partial charge in [0.25, 0.3) is 5.91 Å². The van der Waals surface area contributed by atoms with E-state index in [0.29, 0.717) is 17.8 Å². The van der Waals surface area contributed by atoms with E-state index in [0.717, 1.165) is 53.9 Å².